The first-order chi connectivity index (χ1) is 14.4. The normalized spacial score (nSPS) is 11.2. The Kier molecular flexibility index (Phi) is 6.66. The number of hydrogen-bond donors (Lipinski definition) is 2. The molecule has 0 aliphatic carbocycles. The number of ether oxygens (including phenoxy) is 2. The maximum atomic E-state index is 12.4. The van der Waals surface area contributed by atoms with Crippen LogP contribution in [0.4, 0.5) is 23.7 Å². The van der Waals surface area contributed by atoms with E-state index >= 15 is 0 Å². The summed E-state index contributed by atoms with van der Waals surface area (Å²) in [5.74, 6) is 0.0320. The highest BCUT2D eigenvalue weighted by Crippen LogP contribution is 2.31. The van der Waals surface area contributed by atoms with E-state index in [1.54, 1.807) is 0 Å². The Hall–Kier alpha value is -3.42. The van der Waals surface area contributed by atoms with Crippen LogP contribution in [0.15, 0.2) is 60.7 Å². The zero-order valence-electron chi connectivity index (χ0n) is 16.3. The van der Waals surface area contributed by atoms with Crippen molar-refractivity contribution in [3.8, 4) is 11.5 Å². The predicted octanol–water partition coefficient (Wildman–Crippen LogP) is 5.15. The van der Waals surface area contributed by atoms with Gasteiger partial charge in [0.1, 0.15) is 0 Å². The van der Waals surface area contributed by atoms with Gasteiger partial charge < -0.3 is 20.1 Å². The second kappa shape index (κ2) is 9.39. The molecular formula is C22H21F3N2O3. The zero-order valence-corrected chi connectivity index (χ0v) is 16.3. The van der Waals surface area contributed by atoms with Crippen molar-refractivity contribution in [2.45, 2.75) is 12.6 Å². The first kappa shape index (κ1) is 21.3. The molecule has 0 aromatic heterocycles. The lowest BCUT2D eigenvalue weighted by molar-refractivity contribution is -0.153. The van der Waals surface area contributed by atoms with E-state index in [2.05, 4.69) is 10.6 Å². The predicted molar refractivity (Wildman–Crippen MR) is 109 cm³/mol. The molecule has 0 saturated heterocycles. The highest BCUT2D eigenvalue weighted by molar-refractivity contribution is 5.90. The van der Waals surface area contributed by atoms with Crippen LogP contribution in [0.5, 0.6) is 11.5 Å². The van der Waals surface area contributed by atoms with E-state index in [9.17, 15) is 18.0 Å². The summed E-state index contributed by atoms with van der Waals surface area (Å²) in [7, 11) is 1.32. The van der Waals surface area contributed by atoms with Crippen molar-refractivity contribution < 1.29 is 27.4 Å². The standard InChI is InChI=1S/C22H21F3N2O3/c1-29-19-10-9-17(13-20(19)30-14-22(23,24)25)27-21(28)26-12-11-16-7-4-6-15-5-2-3-8-18(15)16/h2-10,13H,11-12,14H2,1H3,(H2,26,27,28). The van der Waals surface area contributed by atoms with Gasteiger partial charge in [-0.05, 0) is 34.9 Å². The molecule has 3 aromatic rings. The van der Waals surface area contributed by atoms with Crippen molar-refractivity contribution >= 4 is 22.5 Å². The Morgan fingerprint density at radius 3 is 2.53 bits per heavy atom. The second-order valence-electron chi connectivity index (χ2n) is 6.54. The van der Waals surface area contributed by atoms with E-state index in [1.807, 2.05) is 42.5 Å². The van der Waals surface area contributed by atoms with Gasteiger partial charge in [-0.2, -0.15) is 13.2 Å². The first-order valence-corrected chi connectivity index (χ1v) is 9.25. The molecule has 8 heteroatoms. The average Bonchev–Trinajstić information content (AvgIpc) is 2.72. The van der Waals surface area contributed by atoms with Crippen LogP contribution in [-0.2, 0) is 6.42 Å². The van der Waals surface area contributed by atoms with Crippen molar-refractivity contribution in [2.24, 2.45) is 0 Å². The van der Waals surface area contributed by atoms with Crippen LogP contribution in [0.3, 0.4) is 0 Å². The number of methoxy groups -OCH3 is 1. The fraction of sp³-hybridized carbons (Fsp3) is 0.227. The van der Waals surface area contributed by atoms with Crippen LogP contribution in [0.1, 0.15) is 5.56 Å². The Morgan fingerprint density at radius 2 is 1.77 bits per heavy atom. The summed E-state index contributed by atoms with van der Waals surface area (Å²) >= 11 is 0. The molecule has 0 radical (unpaired) electrons. The molecule has 0 aliphatic heterocycles. The molecule has 3 aromatic carbocycles. The highest BCUT2D eigenvalue weighted by atomic mass is 19.4. The van der Waals surface area contributed by atoms with Gasteiger partial charge in [0.25, 0.3) is 0 Å². The minimum absolute atomic E-state index is 0.108. The summed E-state index contributed by atoms with van der Waals surface area (Å²) in [6.45, 7) is -1.06. The number of alkyl halides is 3. The first-order valence-electron chi connectivity index (χ1n) is 9.25. The van der Waals surface area contributed by atoms with Gasteiger partial charge in [0.15, 0.2) is 18.1 Å². The molecule has 0 aliphatic rings. The molecule has 0 atom stereocenters. The smallest absolute Gasteiger partial charge is 0.422 e. The molecule has 0 fully saturated rings. The quantitative estimate of drug-likeness (QED) is 0.558. The monoisotopic (exact) mass is 418 g/mol. The van der Waals surface area contributed by atoms with Gasteiger partial charge in [0.05, 0.1) is 7.11 Å². The average molecular weight is 418 g/mol. The number of benzene rings is 3. The van der Waals surface area contributed by atoms with E-state index < -0.39 is 18.8 Å². The third-order valence-corrected chi connectivity index (χ3v) is 4.37. The Bertz CT molecular complexity index is 1020. The van der Waals surface area contributed by atoms with Crippen molar-refractivity contribution in [3.05, 3.63) is 66.2 Å². The van der Waals surface area contributed by atoms with Gasteiger partial charge in [-0.25, -0.2) is 4.79 Å². The SMILES string of the molecule is COc1ccc(NC(=O)NCCc2cccc3ccccc23)cc1OCC(F)(F)F. The van der Waals surface area contributed by atoms with E-state index in [0.717, 1.165) is 16.3 Å². The molecule has 0 saturated carbocycles. The number of amides is 2. The summed E-state index contributed by atoms with van der Waals surface area (Å²) in [6, 6.07) is 17.8. The molecule has 5 nitrogen and oxygen atoms in total. The summed E-state index contributed by atoms with van der Waals surface area (Å²) < 4.78 is 47.0. The minimum atomic E-state index is -4.48. The molecule has 30 heavy (non-hydrogen) atoms. The number of rotatable bonds is 7. The molecule has 2 amide bonds. The molecule has 0 unspecified atom stereocenters. The second-order valence-corrected chi connectivity index (χ2v) is 6.54. The molecule has 158 valence electrons. The minimum Gasteiger partial charge on any atom is -0.493 e. The van der Waals surface area contributed by atoms with Crippen LogP contribution < -0.4 is 20.1 Å². The number of anilines is 1. The number of carbonyl (C=O) groups excluding carboxylic acids is 1. The van der Waals surface area contributed by atoms with E-state index in [-0.39, 0.29) is 17.2 Å². The lowest BCUT2D eigenvalue weighted by atomic mass is 10.0. The third-order valence-electron chi connectivity index (χ3n) is 4.37. The number of fused-ring (bicyclic) bond motifs is 1. The Labute approximate surface area is 171 Å². The van der Waals surface area contributed by atoms with Gasteiger partial charge in [-0.1, -0.05) is 42.5 Å². The van der Waals surface area contributed by atoms with E-state index in [1.165, 1.54) is 25.3 Å². The summed E-state index contributed by atoms with van der Waals surface area (Å²) in [6.07, 6.45) is -3.84. The highest BCUT2D eigenvalue weighted by Gasteiger charge is 2.29. The number of nitrogens with one attached hydrogen (secondary N) is 2. The van der Waals surface area contributed by atoms with Crippen LogP contribution in [0.25, 0.3) is 10.8 Å². The van der Waals surface area contributed by atoms with Gasteiger partial charge in [-0.3, -0.25) is 0 Å². The largest absolute Gasteiger partial charge is 0.493 e. The zero-order chi connectivity index (χ0) is 21.6. The van der Waals surface area contributed by atoms with Crippen molar-refractivity contribution in [3.63, 3.8) is 0 Å². The maximum absolute atomic E-state index is 12.4. The Balaban J connectivity index is 1.58. The van der Waals surface area contributed by atoms with Crippen LogP contribution >= 0.6 is 0 Å². The van der Waals surface area contributed by atoms with Crippen molar-refractivity contribution in [1.29, 1.82) is 0 Å². The molecule has 0 heterocycles. The van der Waals surface area contributed by atoms with Gasteiger partial charge in [-0.15, -0.1) is 0 Å². The summed E-state index contributed by atoms with van der Waals surface area (Å²) in [5.41, 5.74) is 1.40. The number of urea groups is 1. The molecule has 0 bridgehead atoms. The van der Waals surface area contributed by atoms with Crippen LogP contribution in [-0.4, -0.2) is 32.5 Å². The van der Waals surface area contributed by atoms with E-state index in [4.69, 9.17) is 9.47 Å². The van der Waals surface area contributed by atoms with Gasteiger partial charge in [0, 0.05) is 18.3 Å². The Morgan fingerprint density at radius 1 is 1.00 bits per heavy atom. The van der Waals surface area contributed by atoms with E-state index in [0.29, 0.717) is 13.0 Å². The number of halogens is 3. The van der Waals surface area contributed by atoms with Crippen LogP contribution in [0, 0.1) is 0 Å². The fourth-order valence-electron chi connectivity index (χ4n) is 3.02. The van der Waals surface area contributed by atoms with Crippen molar-refractivity contribution in [2.75, 3.05) is 25.6 Å². The van der Waals surface area contributed by atoms with Crippen molar-refractivity contribution in [1.82, 2.24) is 5.32 Å². The lowest BCUT2D eigenvalue weighted by Gasteiger charge is -2.14. The summed E-state index contributed by atoms with van der Waals surface area (Å²) in [5, 5.41) is 7.59. The van der Waals surface area contributed by atoms with Crippen LogP contribution in [0.2, 0.25) is 0 Å². The maximum Gasteiger partial charge on any atom is 0.422 e. The lowest BCUT2D eigenvalue weighted by Crippen LogP contribution is -2.30. The fourth-order valence-corrected chi connectivity index (χ4v) is 3.02. The summed E-state index contributed by atoms with van der Waals surface area (Å²) in [4.78, 5) is 12.2. The topological polar surface area (TPSA) is 59.6 Å². The molecule has 3 rings (SSSR count). The third kappa shape index (κ3) is 5.79. The molecular weight excluding hydrogens is 397 g/mol. The molecule has 2 N–H and O–H groups in total. The number of carbonyl (C=O) groups is 1. The van der Waals surface area contributed by atoms with Gasteiger partial charge in [0.2, 0.25) is 0 Å². The molecule has 0 spiro atoms. The number of hydrogen-bond acceptors (Lipinski definition) is 3. The van der Waals surface area contributed by atoms with Gasteiger partial charge >= 0.3 is 12.2 Å².